The molecule has 4 aliphatic rings. The lowest BCUT2D eigenvalue weighted by molar-refractivity contribution is 0.0809. The molecule has 4 aromatic heterocycles. The van der Waals surface area contributed by atoms with Crippen LogP contribution in [-0.4, -0.2) is 95.0 Å². The number of nitrogens with one attached hydrogen (secondary N) is 2. The minimum Gasteiger partial charge on any atom is -0.382 e. The molecule has 4 N–H and O–H groups in total. The number of nitrogen functional groups attached to an aromatic ring is 1. The van der Waals surface area contributed by atoms with Crippen LogP contribution in [0.3, 0.4) is 0 Å². The fourth-order valence-corrected chi connectivity index (χ4v) is 10.1. The van der Waals surface area contributed by atoms with Crippen LogP contribution < -0.4 is 16.4 Å². The molecule has 69 heavy (non-hydrogen) atoms. The molecule has 2 aromatic carbocycles. The number of sulfone groups is 2. The third kappa shape index (κ3) is 11.2. The number of hydrogen-bond acceptors (Lipinski definition) is 15. The summed E-state index contributed by atoms with van der Waals surface area (Å²) in [5, 5.41) is 6.62. The van der Waals surface area contributed by atoms with Crippen molar-refractivity contribution in [3.63, 3.8) is 0 Å². The second-order valence-electron chi connectivity index (χ2n) is 18.1. The Morgan fingerprint density at radius 1 is 0.609 bits per heavy atom. The van der Waals surface area contributed by atoms with Gasteiger partial charge in [0, 0.05) is 44.9 Å². The molecule has 17 nitrogen and oxygen atoms in total. The van der Waals surface area contributed by atoms with E-state index in [0.29, 0.717) is 82.4 Å². The maximum atomic E-state index is 12.9. The molecule has 2 fully saturated rings. The summed E-state index contributed by atoms with van der Waals surface area (Å²) >= 11 is 6.10. The number of fused-ring (bicyclic) bond motifs is 2. The number of amides is 2. The summed E-state index contributed by atoms with van der Waals surface area (Å²) in [4.78, 5) is 54.9. The van der Waals surface area contributed by atoms with Gasteiger partial charge in [0.2, 0.25) is 0 Å². The van der Waals surface area contributed by atoms with Gasteiger partial charge in [-0.15, -0.1) is 0 Å². The molecule has 0 saturated heterocycles. The standard InChI is InChI=1S/C25H27N5O3S.C18H18ClN3O3S.C6H9N3/c1-14-15(2)27-19(12-26-14)10-18-11-21(24-22(28-18)13-30(3)25(24)31)29-20-8-7-17(16-5-6-16)9-23(20)34(4,32)33;1-22-9-14-17(18(22)23)13(8-16(19)21-14)20-12-6-5-11(10-3-4-10)7-15(12)26(2,24)25;1-4-5(2)9-6(7)3-8-4/h7-9,11-12,16H,5-6,10,13H2,1-4H3,(H,28,29);5-8,10H,3-4,9H2,1-2H3,(H,20,21);3H,1-2H3,(H2,7,9). The van der Waals surface area contributed by atoms with Crippen LogP contribution in [0, 0.1) is 27.7 Å². The lowest BCUT2D eigenvalue weighted by Crippen LogP contribution is -2.18. The molecule has 2 amide bonds. The molecule has 0 radical (unpaired) electrons. The molecule has 20 heteroatoms. The predicted octanol–water partition coefficient (Wildman–Crippen LogP) is 7.71. The van der Waals surface area contributed by atoms with Gasteiger partial charge < -0.3 is 26.2 Å². The zero-order valence-electron chi connectivity index (χ0n) is 39.7. The molecular formula is C49H54ClN11O6S2. The van der Waals surface area contributed by atoms with Gasteiger partial charge in [-0.2, -0.15) is 0 Å². The molecule has 360 valence electrons. The molecule has 0 spiro atoms. The van der Waals surface area contributed by atoms with E-state index in [2.05, 4.69) is 35.6 Å². The van der Waals surface area contributed by atoms with Crippen LogP contribution in [0.15, 0.2) is 70.7 Å². The first-order chi connectivity index (χ1) is 32.5. The van der Waals surface area contributed by atoms with Crippen molar-refractivity contribution in [2.24, 2.45) is 0 Å². The Bertz CT molecular complexity index is 3290. The Morgan fingerprint density at radius 3 is 1.52 bits per heavy atom. The second-order valence-corrected chi connectivity index (χ2v) is 22.5. The minimum atomic E-state index is -3.48. The SMILES string of the molecule is CN1Cc2nc(Cl)cc(Nc3ccc(C4CC4)cc3S(C)(=O)=O)c2C1=O.Cc1ncc(Cc2cc(Nc3ccc(C4CC4)cc3S(C)(=O)=O)c3c(n2)CN(C)C3=O)nc1C.Cc1ncc(N)nc1C. The average Bonchev–Trinajstić information content (AvgIpc) is 4.22. The molecule has 2 aliphatic heterocycles. The second kappa shape index (κ2) is 19.1. The van der Waals surface area contributed by atoms with Crippen LogP contribution in [0.1, 0.15) is 115 Å². The Kier molecular flexibility index (Phi) is 13.5. The van der Waals surface area contributed by atoms with Gasteiger partial charge in [-0.1, -0.05) is 23.7 Å². The molecule has 0 unspecified atom stereocenters. The fraction of sp³-hybridized carbons (Fsp3) is 0.347. The number of halogens is 1. The summed E-state index contributed by atoms with van der Waals surface area (Å²) in [5.41, 5.74) is 16.6. The Morgan fingerprint density at radius 2 is 1.07 bits per heavy atom. The van der Waals surface area contributed by atoms with Crippen LogP contribution in [0.5, 0.6) is 0 Å². The first-order valence-corrected chi connectivity index (χ1v) is 26.5. The number of nitrogens with zero attached hydrogens (tertiary/aromatic N) is 8. The Balaban J connectivity index is 0.000000161. The minimum absolute atomic E-state index is 0.141. The molecule has 10 rings (SSSR count). The predicted molar refractivity (Wildman–Crippen MR) is 265 cm³/mol. The van der Waals surface area contributed by atoms with Gasteiger partial charge in [0.25, 0.3) is 11.8 Å². The van der Waals surface area contributed by atoms with E-state index < -0.39 is 19.7 Å². The number of carbonyl (C=O) groups excluding carboxylic acids is 2. The van der Waals surface area contributed by atoms with Gasteiger partial charge in [-0.25, -0.2) is 26.8 Å². The highest BCUT2D eigenvalue weighted by molar-refractivity contribution is 7.91. The van der Waals surface area contributed by atoms with Crippen LogP contribution in [0.2, 0.25) is 5.15 Å². The first kappa shape index (κ1) is 48.9. The molecule has 0 atom stereocenters. The lowest BCUT2D eigenvalue weighted by atomic mass is 10.1. The molecule has 6 aromatic rings. The van der Waals surface area contributed by atoms with Crippen molar-refractivity contribution in [1.82, 2.24) is 39.7 Å². The van der Waals surface area contributed by atoms with Crippen LogP contribution in [-0.2, 0) is 39.2 Å². The van der Waals surface area contributed by atoms with Crippen molar-refractivity contribution in [2.45, 2.75) is 94.5 Å². The zero-order chi connectivity index (χ0) is 49.7. The summed E-state index contributed by atoms with van der Waals surface area (Å²) in [6.45, 7) is 8.40. The van der Waals surface area contributed by atoms with E-state index in [1.807, 2.05) is 45.9 Å². The number of anilines is 5. The third-order valence-electron chi connectivity index (χ3n) is 12.4. The summed E-state index contributed by atoms with van der Waals surface area (Å²) in [5.74, 6) is 1.05. The largest absolute Gasteiger partial charge is 0.382 e. The van der Waals surface area contributed by atoms with Crippen LogP contribution in [0.4, 0.5) is 28.6 Å². The Hall–Kier alpha value is -6.57. The molecule has 2 aliphatic carbocycles. The van der Waals surface area contributed by atoms with Crippen molar-refractivity contribution >= 4 is 71.7 Å². The van der Waals surface area contributed by atoms with Crippen LogP contribution >= 0.6 is 11.6 Å². The maximum absolute atomic E-state index is 12.9. The highest BCUT2D eigenvalue weighted by Gasteiger charge is 2.33. The van der Waals surface area contributed by atoms with E-state index in [4.69, 9.17) is 22.3 Å². The topological polar surface area (TPSA) is 236 Å². The highest BCUT2D eigenvalue weighted by Crippen LogP contribution is 2.44. The number of pyridine rings is 2. The van der Waals surface area contributed by atoms with E-state index in [1.165, 1.54) is 12.5 Å². The van der Waals surface area contributed by atoms with Crippen molar-refractivity contribution in [1.29, 1.82) is 0 Å². The summed E-state index contributed by atoms with van der Waals surface area (Å²) < 4.78 is 49.8. The summed E-state index contributed by atoms with van der Waals surface area (Å²) in [6.07, 6.45) is 10.5. The van der Waals surface area contributed by atoms with Crippen molar-refractivity contribution < 1.29 is 26.4 Å². The molecule has 6 heterocycles. The zero-order valence-corrected chi connectivity index (χ0v) is 42.1. The normalized spacial score (nSPS) is 15.2. The monoisotopic (exact) mass is 991 g/mol. The number of rotatable bonds is 10. The van der Waals surface area contributed by atoms with E-state index in [0.717, 1.165) is 71.0 Å². The lowest BCUT2D eigenvalue weighted by Gasteiger charge is -2.16. The number of aryl methyl sites for hydroxylation is 4. The number of hydrogen-bond donors (Lipinski definition) is 3. The molecule has 2 saturated carbocycles. The van der Waals surface area contributed by atoms with Crippen molar-refractivity contribution in [2.75, 3.05) is 43.0 Å². The van der Waals surface area contributed by atoms with Gasteiger partial charge in [0.05, 0.1) is 103 Å². The summed E-state index contributed by atoms with van der Waals surface area (Å²) in [6, 6.07) is 14.3. The maximum Gasteiger partial charge on any atom is 0.257 e. The van der Waals surface area contributed by atoms with Gasteiger partial charge >= 0.3 is 0 Å². The fourth-order valence-electron chi connectivity index (χ4n) is 8.14. The van der Waals surface area contributed by atoms with Gasteiger partial charge in [-0.3, -0.25) is 29.5 Å². The molecule has 0 bridgehead atoms. The van der Waals surface area contributed by atoms with E-state index in [9.17, 15) is 26.4 Å². The van der Waals surface area contributed by atoms with E-state index in [-0.39, 0.29) is 26.8 Å². The van der Waals surface area contributed by atoms with Gasteiger partial charge in [0.1, 0.15) is 11.0 Å². The van der Waals surface area contributed by atoms with E-state index in [1.54, 1.807) is 66.6 Å². The van der Waals surface area contributed by atoms with E-state index >= 15 is 0 Å². The van der Waals surface area contributed by atoms with Crippen molar-refractivity contribution in [3.8, 4) is 0 Å². The summed E-state index contributed by atoms with van der Waals surface area (Å²) in [7, 11) is -3.50. The number of nitrogens with two attached hydrogens (primary N) is 1. The van der Waals surface area contributed by atoms with Gasteiger partial charge in [0.15, 0.2) is 19.7 Å². The average molecular weight is 993 g/mol. The molecular weight excluding hydrogens is 938 g/mol. The number of carbonyl (C=O) groups is 2. The smallest absolute Gasteiger partial charge is 0.257 e. The number of aromatic nitrogens is 6. The quantitative estimate of drug-likeness (QED) is 0.111. The van der Waals surface area contributed by atoms with Gasteiger partial charge in [-0.05, 0) is 113 Å². The van der Waals surface area contributed by atoms with Crippen molar-refractivity contribution in [3.05, 3.63) is 134 Å². The Labute approximate surface area is 407 Å². The third-order valence-corrected chi connectivity index (χ3v) is 14.8. The highest BCUT2D eigenvalue weighted by atomic mass is 35.5. The van der Waals surface area contributed by atoms with Crippen LogP contribution in [0.25, 0.3) is 0 Å². The first-order valence-electron chi connectivity index (χ1n) is 22.3. The number of benzene rings is 2.